The van der Waals surface area contributed by atoms with Crippen LogP contribution in [0.4, 0.5) is 5.69 Å². The fraction of sp³-hybridized carbons (Fsp3) is 0.462. The minimum atomic E-state index is -3.78. The van der Waals surface area contributed by atoms with E-state index in [0.717, 1.165) is 21.7 Å². The van der Waals surface area contributed by atoms with E-state index in [0.29, 0.717) is 29.2 Å². The van der Waals surface area contributed by atoms with Crippen LogP contribution in [0.15, 0.2) is 42.5 Å². The molecule has 0 saturated heterocycles. The summed E-state index contributed by atoms with van der Waals surface area (Å²) < 4.78 is 26.7. The molecule has 1 atom stereocenters. The minimum absolute atomic E-state index is 0.0799. The maximum absolute atomic E-state index is 13.7. The zero-order valence-electron chi connectivity index (χ0n) is 21.3. The van der Waals surface area contributed by atoms with Crippen molar-refractivity contribution in [3.8, 4) is 0 Å². The van der Waals surface area contributed by atoms with Gasteiger partial charge in [-0.1, -0.05) is 62.7 Å². The first kappa shape index (κ1) is 28.7. The summed E-state index contributed by atoms with van der Waals surface area (Å²) >= 11 is 6.37. The van der Waals surface area contributed by atoms with Gasteiger partial charge in [-0.15, -0.1) is 0 Å². The molecule has 0 radical (unpaired) electrons. The molecule has 0 bridgehead atoms. The van der Waals surface area contributed by atoms with E-state index in [4.69, 9.17) is 11.6 Å². The zero-order valence-corrected chi connectivity index (χ0v) is 22.9. The molecule has 2 amide bonds. The highest BCUT2D eigenvalue weighted by molar-refractivity contribution is 7.92. The van der Waals surface area contributed by atoms with Gasteiger partial charge in [0, 0.05) is 18.1 Å². The van der Waals surface area contributed by atoms with Gasteiger partial charge in [0.25, 0.3) is 0 Å². The highest BCUT2D eigenvalue weighted by Gasteiger charge is 2.32. The molecule has 35 heavy (non-hydrogen) atoms. The van der Waals surface area contributed by atoms with Gasteiger partial charge >= 0.3 is 0 Å². The van der Waals surface area contributed by atoms with Crippen molar-refractivity contribution in [2.24, 2.45) is 5.92 Å². The number of nitrogens with zero attached hydrogens (tertiary/aromatic N) is 2. The molecule has 0 unspecified atom stereocenters. The van der Waals surface area contributed by atoms with Gasteiger partial charge in [-0.25, -0.2) is 8.42 Å². The lowest BCUT2D eigenvalue weighted by molar-refractivity contribution is -0.140. The van der Waals surface area contributed by atoms with E-state index in [2.05, 4.69) is 5.32 Å². The van der Waals surface area contributed by atoms with Gasteiger partial charge in [0.1, 0.15) is 12.6 Å². The second kappa shape index (κ2) is 12.4. The molecule has 0 aliphatic heterocycles. The van der Waals surface area contributed by atoms with Crippen LogP contribution in [0.2, 0.25) is 5.02 Å². The van der Waals surface area contributed by atoms with Crippen molar-refractivity contribution >= 4 is 39.1 Å². The summed E-state index contributed by atoms with van der Waals surface area (Å²) in [5, 5.41) is 3.37. The molecule has 0 aliphatic rings. The Balaban J connectivity index is 2.48. The average Bonchev–Trinajstić information content (AvgIpc) is 2.78. The Hall–Kier alpha value is -2.58. The quantitative estimate of drug-likeness (QED) is 0.477. The molecule has 2 aromatic rings. The van der Waals surface area contributed by atoms with E-state index in [1.165, 1.54) is 4.90 Å². The smallest absolute Gasteiger partial charge is 0.244 e. The number of anilines is 1. The van der Waals surface area contributed by atoms with Gasteiger partial charge in [0.05, 0.1) is 11.9 Å². The summed E-state index contributed by atoms with van der Waals surface area (Å²) in [6.45, 7) is 9.63. The van der Waals surface area contributed by atoms with E-state index in [9.17, 15) is 18.0 Å². The number of sulfonamides is 1. The third-order valence-corrected chi connectivity index (χ3v) is 7.39. The van der Waals surface area contributed by atoms with Gasteiger partial charge in [0.15, 0.2) is 0 Å². The van der Waals surface area contributed by atoms with Crippen LogP contribution in [-0.2, 0) is 26.2 Å². The molecule has 0 saturated carbocycles. The molecule has 1 N–H and O–H groups in total. The first-order valence-corrected chi connectivity index (χ1v) is 13.9. The van der Waals surface area contributed by atoms with Crippen LogP contribution >= 0.6 is 11.6 Å². The number of carbonyl (C=O) groups excluding carboxylic acids is 2. The van der Waals surface area contributed by atoms with Crippen LogP contribution in [0.25, 0.3) is 0 Å². The van der Waals surface area contributed by atoms with Crippen LogP contribution in [-0.4, -0.2) is 50.5 Å². The number of rotatable bonds is 11. The SMILES string of the molecule is CC[C@H](C(=O)NCC(C)C)N(Cc1ccccc1Cl)C(=O)CN(c1cccc(C)c1C)S(C)(=O)=O. The monoisotopic (exact) mass is 521 g/mol. The second-order valence-corrected chi connectivity index (χ2v) is 11.5. The predicted molar refractivity (Wildman–Crippen MR) is 142 cm³/mol. The standard InChI is InChI=1S/C26H36ClN3O4S/c1-7-23(26(32)28-15-18(2)3)29(16-21-12-8-9-13-22(21)27)25(31)17-30(35(6,33)34)24-14-10-11-19(4)20(24)5/h8-14,18,23H,7,15-17H2,1-6H3,(H,28,32)/t23-/m1/s1. The van der Waals surface area contributed by atoms with Gasteiger partial charge in [-0.05, 0) is 55.0 Å². The summed E-state index contributed by atoms with van der Waals surface area (Å²) in [4.78, 5) is 28.2. The molecule has 192 valence electrons. The van der Waals surface area contributed by atoms with Crippen molar-refractivity contribution in [2.45, 2.75) is 53.6 Å². The summed E-state index contributed by atoms with van der Waals surface area (Å²) in [5.41, 5.74) is 2.80. The van der Waals surface area contributed by atoms with E-state index in [1.807, 2.05) is 46.8 Å². The Morgan fingerprint density at radius 3 is 2.29 bits per heavy atom. The van der Waals surface area contributed by atoms with Crippen molar-refractivity contribution in [1.29, 1.82) is 0 Å². The lowest BCUT2D eigenvalue weighted by Gasteiger charge is -2.33. The van der Waals surface area contributed by atoms with Crippen molar-refractivity contribution in [3.63, 3.8) is 0 Å². The molecular weight excluding hydrogens is 486 g/mol. The Morgan fingerprint density at radius 1 is 1.06 bits per heavy atom. The van der Waals surface area contributed by atoms with Crippen LogP contribution in [0.3, 0.4) is 0 Å². The van der Waals surface area contributed by atoms with E-state index in [-0.39, 0.29) is 18.4 Å². The number of halogens is 1. The van der Waals surface area contributed by atoms with E-state index < -0.39 is 28.5 Å². The Morgan fingerprint density at radius 2 is 1.71 bits per heavy atom. The predicted octanol–water partition coefficient (Wildman–Crippen LogP) is 4.30. The average molecular weight is 522 g/mol. The Bertz CT molecular complexity index is 1150. The first-order chi connectivity index (χ1) is 16.4. The number of nitrogens with one attached hydrogen (secondary N) is 1. The van der Waals surface area contributed by atoms with Crippen molar-refractivity contribution in [3.05, 3.63) is 64.2 Å². The molecule has 0 aromatic heterocycles. The molecule has 0 heterocycles. The lowest BCUT2D eigenvalue weighted by atomic mass is 10.1. The van der Waals surface area contributed by atoms with Crippen molar-refractivity contribution in [1.82, 2.24) is 10.2 Å². The van der Waals surface area contributed by atoms with E-state index >= 15 is 0 Å². The molecule has 9 heteroatoms. The number of aryl methyl sites for hydroxylation is 1. The number of hydrogen-bond acceptors (Lipinski definition) is 4. The largest absolute Gasteiger partial charge is 0.354 e. The minimum Gasteiger partial charge on any atom is -0.354 e. The van der Waals surface area contributed by atoms with Crippen LogP contribution in [0.1, 0.15) is 43.9 Å². The Labute approximate surface area is 214 Å². The second-order valence-electron chi connectivity index (χ2n) is 9.16. The summed E-state index contributed by atoms with van der Waals surface area (Å²) in [6.07, 6.45) is 1.44. The van der Waals surface area contributed by atoms with Crippen LogP contribution in [0.5, 0.6) is 0 Å². The van der Waals surface area contributed by atoms with Gasteiger partial charge < -0.3 is 10.2 Å². The summed E-state index contributed by atoms with van der Waals surface area (Å²) in [7, 11) is -3.78. The maximum atomic E-state index is 13.7. The van der Waals surface area contributed by atoms with Gasteiger partial charge in [-0.3, -0.25) is 13.9 Å². The van der Waals surface area contributed by atoms with Crippen LogP contribution in [0, 0.1) is 19.8 Å². The normalized spacial score (nSPS) is 12.3. The number of benzene rings is 2. The van der Waals surface area contributed by atoms with Gasteiger partial charge in [0.2, 0.25) is 21.8 Å². The van der Waals surface area contributed by atoms with Gasteiger partial charge in [-0.2, -0.15) is 0 Å². The molecular formula is C26H36ClN3O4S. The lowest BCUT2D eigenvalue weighted by Crippen LogP contribution is -2.52. The number of hydrogen-bond donors (Lipinski definition) is 1. The molecule has 0 spiro atoms. The summed E-state index contributed by atoms with van der Waals surface area (Å²) in [5.74, 6) is -0.517. The molecule has 0 fully saturated rings. The number of amides is 2. The van der Waals surface area contributed by atoms with Crippen LogP contribution < -0.4 is 9.62 Å². The third kappa shape index (κ3) is 7.70. The maximum Gasteiger partial charge on any atom is 0.244 e. The highest BCUT2D eigenvalue weighted by atomic mass is 35.5. The number of carbonyl (C=O) groups is 2. The first-order valence-electron chi connectivity index (χ1n) is 11.7. The zero-order chi connectivity index (χ0) is 26.3. The Kier molecular flexibility index (Phi) is 10.2. The highest BCUT2D eigenvalue weighted by Crippen LogP contribution is 2.26. The van der Waals surface area contributed by atoms with E-state index in [1.54, 1.807) is 30.3 Å². The fourth-order valence-corrected chi connectivity index (χ4v) is 4.85. The van der Waals surface area contributed by atoms with Crippen molar-refractivity contribution < 1.29 is 18.0 Å². The molecule has 2 aromatic carbocycles. The van der Waals surface area contributed by atoms with Crippen molar-refractivity contribution in [2.75, 3.05) is 23.7 Å². The fourth-order valence-electron chi connectivity index (χ4n) is 3.75. The molecule has 2 rings (SSSR count). The molecule has 0 aliphatic carbocycles. The third-order valence-electron chi connectivity index (χ3n) is 5.89. The summed E-state index contributed by atoms with van der Waals surface area (Å²) in [6, 6.07) is 11.7. The topological polar surface area (TPSA) is 86.8 Å². The molecule has 7 nitrogen and oxygen atoms in total.